The molecule has 0 aliphatic carbocycles. The normalized spacial score (nSPS) is 10.9. The van der Waals surface area contributed by atoms with Crippen molar-refractivity contribution in [3.05, 3.63) is 58.1 Å². The van der Waals surface area contributed by atoms with Gasteiger partial charge in [-0.2, -0.15) is 18.4 Å². The van der Waals surface area contributed by atoms with Gasteiger partial charge in [0, 0.05) is 15.8 Å². The Kier molecular flexibility index (Phi) is 4.00. The fourth-order valence-electron chi connectivity index (χ4n) is 1.59. The van der Waals surface area contributed by atoms with Gasteiger partial charge in [0.2, 0.25) is 0 Å². The first-order valence-electron chi connectivity index (χ1n) is 5.54. The molecular weight excluding hydrogens is 333 g/mol. The van der Waals surface area contributed by atoms with E-state index < -0.39 is 11.7 Å². The Bertz CT molecular complexity index is 658. The van der Waals surface area contributed by atoms with Crippen LogP contribution in [-0.4, -0.2) is 0 Å². The summed E-state index contributed by atoms with van der Waals surface area (Å²) in [4.78, 5) is 0. The Morgan fingerprint density at radius 1 is 1.00 bits per heavy atom. The van der Waals surface area contributed by atoms with Gasteiger partial charge in [-0.25, -0.2) is 0 Å². The molecule has 0 heterocycles. The lowest BCUT2D eigenvalue weighted by Crippen LogP contribution is -2.04. The number of hydrogen-bond acceptors (Lipinski definition) is 2. The number of nitrogens with zero attached hydrogens (tertiary/aromatic N) is 1. The molecule has 0 atom stereocenters. The van der Waals surface area contributed by atoms with Gasteiger partial charge in [-0.3, -0.25) is 0 Å². The zero-order valence-electron chi connectivity index (χ0n) is 10.0. The van der Waals surface area contributed by atoms with E-state index in [9.17, 15) is 13.2 Å². The minimum Gasteiger partial charge on any atom is -0.355 e. The zero-order valence-corrected chi connectivity index (χ0v) is 11.6. The van der Waals surface area contributed by atoms with Crippen molar-refractivity contribution < 1.29 is 13.2 Å². The van der Waals surface area contributed by atoms with Crippen molar-refractivity contribution in [2.24, 2.45) is 0 Å². The Balaban J connectivity index is 2.19. The molecule has 2 aromatic rings. The summed E-state index contributed by atoms with van der Waals surface area (Å²) < 4.78 is 37.9. The maximum Gasteiger partial charge on any atom is 0.416 e. The maximum absolute atomic E-state index is 12.4. The fraction of sp³-hybridized carbons (Fsp3) is 0.0714. The summed E-state index contributed by atoms with van der Waals surface area (Å²) >= 11 is 3.25. The van der Waals surface area contributed by atoms with Crippen molar-refractivity contribution in [3.8, 4) is 6.07 Å². The van der Waals surface area contributed by atoms with Crippen LogP contribution >= 0.6 is 15.9 Å². The molecule has 0 spiro atoms. The van der Waals surface area contributed by atoms with Crippen LogP contribution in [0.5, 0.6) is 0 Å². The third-order valence-corrected chi connectivity index (χ3v) is 3.25. The molecule has 1 N–H and O–H groups in total. The monoisotopic (exact) mass is 340 g/mol. The molecule has 0 bridgehead atoms. The van der Waals surface area contributed by atoms with Gasteiger partial charge in [0.25, 0.3) is 0 Å². The molecule has 0 amide bonds. The third kappa shape index (κ3) is 3.31. The fourth-order valence-corrected chi connectivity index (χ4v) is 2.06. The van der Waals surface area contributed by atoms with Gasteiger partial charge in [-0.15, -0.1) is 0 Å². The molecule has 0 fully saturated rings. The van der Waals surface area contributed by atoms with Crippen molar-refractivity contribution in [1.29, 1.82) is 5.26 Å². The van der Waals surface area contributed by atoms with Gasteiger partial charge < -0.3 is 5.32 Å². The Morgan fingerprint density at radius 2 is 1.60 bits per heavy atom. The standard InChI is InChI=1S/C14H8BrF3N2/c15-13-7-12(4-1-9(13)8-19)20-11-5-2-10(3-6-11)14(16,17)18/h1-7,20H. The molecule has 0 aliphatic rings. The van der Waals surface area contributed by atoms with Crippen molar-refractivity contribution in [2.45, 2.75) is 6.18 Å². The number of anilines is 2. The summed E-state index contributed by atoms with van der Waals surface area (Å²) in [6, 6.07) is 11.7. The molecule has 0 unspecified atom stereocenters. The highest BCUT2D eigenvalue weighted by Crippen LogP contribution is 2.30. The number of halogens is 4. The third-order valence-electron chi connectivity index (χ3n) is 2.59. The molecule has 2 rings (SSSR count). The zero-order chi connectivity index (χ0) is 14.8. The van der Waals surface area contributed by atoms with Gasteiger partial charge in [0.15, 0.2) is 0 Å². The maximum atomic E-state index is 12.4. The van der Waals surface area contributed by atoms with Gasteiger partial charge >= 0.3 is 6.18 Å². The predicted molar refractivity (Wildman–Crippen MR) is 73.6 cm³/mol. The lowest BCUT2D eigenvalue weighted by molar-refractivity contribution is -0.137. The van der Waals surface area contributed by atoms with Gasteiger partial charge in [-0.1, -0.05) is 0 Å². The number of nitrogens with one attached hydrogen (secondary N) is 1. The van der Waals surface area contributed by atoms with E-state index in [0.29, 0.717) is 21.4 Å². The summed E-state index contributed by atoms with van der Waals surface area (Å²) in [5, 5.41) is 11.8. The first-order chi connectivity index (χ1) is 9.40. The van der Waals surface area contributed by atoms with Crippen molar-refractivity contribution in [1.82, 2.24) is 0 Å². The SMILES string of the molecule is N#Cc1ccc(Nc2ccc(C(F)(F)F)cc2)cc1Br. The van der Waals surface area contributed by atoms with Crippen LogP contribution in [0.1, 0.15) is 11.1 Å². The highest BCUT2D eigenvalue weighted by atomic mass is 79.9. The quantitative estimate of drug-likeness (QED) is 0.827. The van der Waals surface area contributed by atoms with Crippen molar-refractivity contribution >= 4 is 27.3 Å². The van der Waals surface area contributed by atoms with Gasteiger partial charge in [0.05, 0.1) is 11.1 Å². The van der Waals surface area contributed by atoms with E-state index in [1.807, 2.05) is 6.07 Å². The summed E-state index contributed by atoms with van der Waals surface area (Å²) in [7, 11) is 0. The molecule has 20 heavy (non-hydrogen) atoms. The highest BCUT2D eigenvalue weighted by Gasteiger charge is 2.29. The summed E-state index contributed by atoms with van der Waals surface area (Å²) in [5.41, 5.74) is 1.01. The Morgan fingerprint density at radius 3 is 2.10 bits per heavy atom. The molecule has 0 radical (unpaired) electrons. The van der Waals surface area contributed by atoms with E-state index >= 15 is 0 Å². The molecule has 2 nitrogen and oxygen atoms in total. The lowest BCUT2D eigenvalue weighted by atomic mass is 10.2. The van der Waals surface area contributed by atoms with Crippen molar-refractivity contribution in [3.63, 3.8) is 0 Å². The number of hydrogen-bond donors (Lipinski definition) is 1. The van der Waals surface area contributed by atoms with Gasteiger partial charge in [0.1, 0.15) is 6.07 Å². The lowest BCUT2D eigenvalue weighted by Gasteiger charge is -2.10. The topological polar surface area (TPSA) is 35.8 Å². The molecule has 0 aromatic heterocycles. The van der Waals surface area contributed by atoms with Crippen LogP contribution in [0.4, 0.5) is 24.5 Å². The molecule has 6 heteroatoms. The average Bonchev–Trinajstić information content (AvgIpc) is 2.38. The van der Waals surface area contributed by atoms with Crippen LogP contribution in [0.2, 0.25) is 0 Å². The van der Waals surface area contributed by atoms with Crippen LogP contribution in [0.25, 0.3) is 0 Å². The summed E-state index contributed by atoms with van der Waals surface area (Å²) in [6.07, 6.45) is -4.34. The first-order valence-corrected chi connectivity index (χ1v) is 6.33. The van der Waals surface area contributed by atoms with Crippen LogP contribution < -0.4 is 5.32 Å². The van der Waals surface area contributed by atoms with Crippen LogP contribution in [0.3, 0.4) is 0 Å². The molecular formula is C14H8BrF3N2. The Labute approximate surface area is 122 Å². The van der Waals surface area contributed by atoms with Gasteiger partial charge in [-0.05, 0) is 58.4 Å². The molecule has 2 aromatic carbocycles. The second-order valence-electron chi connectivity index (χ2n) is 4.01. The van der Waals surface area contributed by atoms with E-state index in [-0.39, 0.29) is 0 Å². The minimum absolute atomic E-state index is 0.489. The summed E-state index contributed by atoms with van der Waals surface area (Å²) in [6.45, 7) is 0. The van der Waals surface area contributed by atoms with E-state index in [0.717, 1.165) is 12.1 Å². The molecule has 0 saturated heterocycles. The molecule has 102 valence electrons. The highest BCUT2D eigenvalue weighted by molar-refractivity contribution is 9.10. The van der Waals surface area contributed by atoms with Crippen LogP contribution in [0, 0.1) is 11.3 Å². The van der Waals surface area contributed by atoms with E-state index in [2.05, 4.69) is 21.2 Å². The van der Waals surface area contributed by atoms with Crippen molar-refractivity contribution in [2.75, 3.05) is 5.32 Å². The smallest absolute Gasteiger partial charge is 0.355 e. The second kappa shape index (κ2) is 5.55. The first kappa shape index (κ1) is 14.4. The largest absolute Gasteiger partial charge is 0.416 e. The predicted octanol–water partition coefficient (Wildman–Crippen LogP) is 5.08. The van der Waals surface area contributed by atoms with E-state index in [1.54, 1.807) is 18.2 Å². The molecule has 0 aliphatic heterocycles. The van der Waals surface area contributed by atoms with E-state index in [1.165, 1.54) is 12.1 Å². The minimum atomic E-state index is -4.34. The Hall–Kier alpha value is -2.00. The number of alkyl halides is 3. The van der Waals surface area contributed by atoms with Crippen LogP contribution in [-0.2, 0) is 6.18 Å². The average molecular weight is 341 g/mol. The van der Waals surface area contributed by atoms with Crippen LogP contribution in [0.15, 0.2) is 46.9 Å². The number of rotatable bonds is 2. The van der Waals surface area contributed by atoms with E-state index in [4.69, 9.17) is 5.26 Å². The molecule has 0 saturated carbocycles. The second-order valence-corrected chi connectivity index (χ2v) is 4.86. The number of nitriles is 1. The summed E-state index contributed by atoms with van der Waals surface area (Å²) in [5.74, 6) is 0. The number of benzene rings is 2.